The molecule has 0 aliphatic carbocycles. The number of benzene rings is 2. The zero-order valence-corrected chi connectivity index (χ0v) is 17.2. The van der Waals surface area contributed by atoms with Crippen LogP contribution in [0.1, 0.15) is 34.4 Å². The Morgan fingerprint density at radius 1 is 1.10 bits per heavy atom. The first-order valence-corrected chi connectivity index (χ1v) is 9.74. The van der Waals surface area contributed by atoms with E-state index >= 15 is 0 Å². The number of aryl methyl sites for hydroxylation is 3. The molecule has 0 saturated heterocycles. The molecule has 0 aliphatic heterocycles. The normalized spacial score (nSPS) is 11.0. The van der Waals surface area contributed by atoms with Crippen LogP contribution in [-0.4, -0.2) is 25.7 Å². The molecule has 2 aromatic carbocycles. The quantitative estimate of drug-likeness (QED) is 0.525. The number of hydrogen-bond donors (Lipinski definition) is 1. The van der Waals surface area contributed by atoms with Crippen LogP contribution in [0, 0.1) is 13.8 Å². The van der Waals surface area contributed by atoms with Gasteiger partial charge in [-0.1, -0.05) is 42.8 Å². The third kappa shape index (κ3) is 3.59. The largest absolute Gasteiger partial charge is 0.321 e. The average Bonchev–Trinajstić information content (AvgIpc) is 3.05. The maximum atomic E-state index is 12.8. The van der Waals surface area contributed by atoms with Crippen molar-refractivity contribution in [2.45, 2.75) is 27.2 Å². The standard InChI is InChI=1S/C22H20ClN5O/c1-4-15-8-10-18(11-9-15)24-22(29)20-14(3)28-21(26-25-20)19(13(2)27-28)16-6-5-7-17(23)12-16/h5-12H,4H2,1-3H3,(H,24,29). The van der Waals surface area contributed by atoms with E-state index in [-0.39, 0.29) is 11.6 Å². The molecular weight excluding hydrogens is 386 g/mol. The monoisotopic (exact) mass is 405 g/mol. The summed E-state index contributed by atoms with van der Waals surface area (Å²) in [6.45, 7) is 5.80. The van der Waals surface area contributed by atoms with Gasteiger partial charge >= 0.3 is 0 Å². The number of carbonyl (C=O) groups excluding carboxylic acids is 1. The van der Waals surface area contributed by atoms with E-state index in [0.717, 1.165) is 23.2 Å². The maximum Gasteiger partial charge on any atom is 0.278 e. The average molecular weight is 406 g/mol. The molecule has 2 heterocycles. The lowest BCUT2D eigenvalue weighted by Gasteiger charge is -2.08. The molecule has 0 unspecified atom stereocenters. The molecule has 7 heteroatoms. The number of fused-ring (bicyclic) bond motifs is 1. The van der Waals surface area contributed by atoms with Gasteiger partial charge in [0.05, 0.1) is 17.0 Å². The number of nitrogens with one attached hydrogen (secondary N) is 1. The van der Waals surface area contributed by atoms with Crippen LogP contribution in [0.2, 0.25) is 5.02 Å². The number of aromatic nitrogens is 4. The van der Waals surface area contributed by atoms with Crippen LogP contribution >= 0.6 is 11.6 Å². The van der Waals surface area contributed by atoms with E-state index < -0.39 is 0 Å². The van der Waals surface area contributed by atoms with E-state index in [1.165, 1.54) is 5.56 Å². The molecule has 146 valence electrons. The number of halogens is 1. The predicted molar refractivity (Wildman–Crippen MR) is 114 cm³/mol. The van der Waals surface area contributed by atoms with Crippen molar-refractivity contribution in [3.8, 4) is 11.1 Å². The zero-order chi connectivity index (χ0) is 20.5. The summed E-state index contributed by atoms with van der Waals surface area (Å²) in [4.78, 5) is 12.8. The minimum Gasteiger partial charge on any atom is -0.321 e. The van der Waals surface area contributed by atoms with Gasteiger partial charge in [0.1, 0.15) is 0 Å². The summed E-state index contributed by atoms with van der Waals surface area (Å²) in [6, 6.07) is 15.3. The molecule has 29 heavy (non-hydrogen) atoms. The van der Waals surface area contributed by atoms with E-state index in [2.05, 4.69) is 27.5 Å². The molecule has 2 aromatic heterocycles. The molecule has 1 N–H and O–H groups in total. The van der Waals surface area contributed by atoms with Gasteiger partial charge in [0.2, 0.25) is 0 Å². The third-order valence-corrected chi connectivity index (χ3v) is 5.12. The fourth-order valence-corrected chi connectivity index (χ4v) is 3.51. The first-order chi connectivity index (χ1) is 14.0. The Labute approximate surface area is 173 Å². The molecule has 0 saturated carbocycles. The maximum absolute atomic E-state index is 12.8. The minimum atomic E-state index is -0.321. The highest BCUT2D eigenvalue weighted by molar-refractivity contribution is 6.30. The topological polar surface area (TPSA) is 72.2 Å². The van der Waals surface area contributed by atoms with Crippen molar-refractivity contribution in [3.05, 3.63) is 76.2 Å². The highest BCUT2D eigenvalue weighted by Gasteiger charge is 2.20. The molecular formula is C22H20ClN5O. The Morgan fingerprint density at radius 3 is 2.55 bits per heavy atom. The molecule has 4 aromatic rings. The lowest BCUT2D eigenvalue weighted by molar-refractivity contribution is 0.102. The van der Waals surface area contributed by atoms with Gasteiger partial charge in [-0.05, 0) is 55.7 Å². The van der Waals surface area contributed by atoms with Crippen molar-refractivity contribution >= 4 is 28.8 Å². The molecule has 0 bridgehead atoms. The first kappa shape index (κ1) is 19.1. The molecule has 0 spiro atoms. The van der Waals surface area contributed by atoms with Crippen molar-refractivity contribution in [1.82, 2.24) is 19.8 Å². The molecule has 6 nitrogen and oxygen atoms in total. The number of nitrogens with zero attached hydrogens (tertiary/aromatic N) is 4. The van der Waals surface area contributed by atoms with Gasteiger partial charge < -0.3 is 5.32 Å². The van der Waals surface area contributed by atoms with E-state index in [0.29, 0.717) is 22.1 Å². The second kappa shape index (κ2) is 7.64. The fraction of sp³-hybridized carbons (Fsp3) is 0.182. The molecule has 0 fully saturated rings. The van der Waals surface area contributed by atoms with Crippen LogP contribution in [-0.2, 0) is 6.42 Å². The molecule has 4 rings (SSSR count). The number of hydrogen-bond acceptors (Lipinski definition) is 4. The molecule has 0 aliphatic rings. The van der Waals surface area contributed by atoms with Gasteiger partial charge in [-0.3, -0.25) is 4.79 Å². The summed E-state index contributed by atoms with van der Waals surface area (Å²) in [5.74, 6) is -0.321. The fourth-order valence-electron chi connectivity index (χ4n) is 3.32. The number of amides is 1. The van der Waals surface area contributed by atoms with Crippen molar-refractivity contribution in [3.63, 3.8) is 0 Å². The number of rotatable bonds is 4. The highest BCUT2D eigenvalue weighted by Crippen LogP contribution is 2.29. The van der Waals surface area contributed by atoms with Gasteiger partial charge in [-0.15, -0.1) is 10.2 Å². The van der Waals surface area contributed by atoms with Crippen LogP contribution < -0.4 is 5.32 Å². The molecule has 0 atom stereocenters. The van der Waals surface area contributed by atoms with Crippen molar-refractivity contribution in [2.75, 3.05) is 5.32 Å². The Bertz CT molecular complexity index is 1210. The number of carbonyl (C=O) groups is 1. The lowest BCUT2D eigenvalue weighted by Crippen LogP contribution is -2.18. The molecule has 1 amide bonds. The second-order valence-electron chi connectivity index (χ2n) is 6.84. The smallest absolute Gasteiger partial charge is 0.278 e. The summed E-state index contributed by atoms with van der Waals surface area (Å²) < 4.78 is 1.66. The summed E-state index contributed by atoms with van der Waals surface area (Å²) in [6.07, 6.45) is 0.948. The number of anilines is 1. The van der Waals surface area contributed by atoms with Crippen molar-refractivity contribution in [2.24, 2.45) is 0 Å². The van der Waals surface area contributed by atoms with E-state index in [1.807, 2.05) is 62.4 Å². The second-order valence-corrected chi connectivity index (χ2v) is 7.28. The third-order valence-electron chi connectivity index (χ3n) is 4.89. The van der Waals surface area contributed by atoms with E-state index in [4.69, 9.17) is 11.6 Å². The SMILES string of the molecule is CCc1ccc(NC(=O)c2nnc3c(-c4cccc(Cl)c4)c(C)nn3c2C)cc1. The summed E-state index contributed by atoms with van der Waals surface area (Å²) in [7, 11) is 0. The van der Waals surface area contributed by atoms with Crippen LogP contribution in [0.5, 0.6) is 0 Å². The summed E-state index contributed by atoms with van der Waals surface area (Å²) in [5.41, 5.74) is 5.91. The van der Waals surface area contributed by atoms with Crippen LogP contribution in [0.3, 0.4) is 0 Å². The van der Waals surface area contributed by atoms with Gasteiger partial charge in [0.25, 0.3) is 5.91 Å². The van der Waals surface area contributed by atoms with E-state index in [9.17, 15) is 4.79 Å². The van der Waals surface area contributed by atoms with Gasteiger partial charge in [-0.2, -0.15) is 5.10 Å². The van der Waals surface area contributed by atoms with Crippen LogP contribution in [0.15, 0.2) is 48.5 Å². The van der Waals surface area contributed by atoms with E-state index in [1.54, 1.807) is 4.52 Å². The Kier molecular flexibility index (Phi) is 5.03. The Balaban J connectivity index is 1.72. The van der Waals surface area contributed by atoms with Gasteiger partial charge in [-0.25, -0.2) is 4.52 Å². The zero-order valence-electron chi connectivity index (χ0n) is 16.4. The Morgan fingerprint density at radius 2 is 1.86 bits per heavy atom. The van der Waals surface area contributed by atoms with Crippen molar-refractivity contribution < 1.29 is 4.79 Å². The summed E-state index contributed by atoms with van der Waals surface area (Å²) in [5, 5.41) is 16.6. The lowest BCUT2D eigenvalue weighted by atomic mass is 10.1. The molecule has 0 radical (unpaired) electrons. The van der Waals surface area contributed by atoms with Crippen molar-refractivity contribution in [1.29, 1.82) is 0 Å². The first-order valence-electron chi connectivity index (χ1n) is 9.36. The van der Waals surface area contributed by atoms with Gasteiger partial charge in [0, 0.05) is 10.7 Å². The highest BCUT2D eigenvalue weighted by atomic mass is 35.5. The minimum absolute atomic E-state index is 0.234. The van der Waals surface area contributed by atoms with Crippen LogP contribution in [0.4, 0.5) is 5.69 Å². The van der Waals surface area contributed by atoms with Gasteiger partial charge in [0.15, 0.2) is 11.3 Å². The Hall–Kier alpha value is -3.25. The van der Waals surface area contributed by atoms with Crippen LogP contribution in [0.25, 0.3) is 16.8 Å². The predicted octanol–water partition coefficient (Wildman–Crippen LogP) is 4.88. The summed E-state index contributed by atoms with van der Waals surface area (Å²) >= 11 is 6.14.